The lowest BCUT2D eigenvalue weighted by atomic mass is 9.85. The number of carboxylic acids is 1. The van der Waals surface area contributed by atoms with E-state index in [1.54, 1.807) is 4.90 Å². The molecule has 112 valence electrons. The second-order valence-electron chi connectivity index (χ2n) is 6.57. The average molecular weight is 280 g/mol. The zero-order valence-electron chi connectivity index (χ0n) is 12.1. The van der Waals surface area contributed by atoms with Gasteiger partial charge in [-0.2, -0.15) is 0 Å². The minimum Gasteiger partial charge on any atom is -0.479 e. The fourth-order valence-corrected chi connectivity index (χ4v) is 4.50. The highest BCUT2D eigenvalue weighted by atomic mass is 16.4. The molecular formula is C15H24N2O3. The van der Waals surface area contributed by atoms with Crippen LogP contribution in [0.15, 0.2) is 0 Å². The SMILES string of the molecule is CCCC1(C(=O)O)CCCN1C(=O)C1CC2CCC1N2. The molecule has 20 heavy (non-hydrogen) atoms. The van der Waals surface area contributed by atoms with E-state index in [9.17, 15) is 14.7 Å². The van der Waals surface area contributed by atoms with Crippen LogP contribution in [-0.2, 0) is 9.59 Å². The number of aliphatic carboxylic acids is 1. The Hall–Kier alpha value is -1.10. The summed E-state index contributed by atoms with van der Waals surface area (Å²) in [5, 5.41) is 13.2. The summed E-state index contributed by atoms with van der Waals surface area (Å²) >= 11 is 0. The molecule has 0 aliphatic carbocycles. The summed E-state index contributed by atoms with van der Waals surface area (Å²) in [6.45, 7) is 2.60. The van der Waals surface area contributed by atoms with Crippen molar-refractivity contribution >= 4 is 11.9 Å². The normalized spacial score (nSPS) is 39.5. The van der Waals surface area contributed by atoms with E-state index in [0.29, 0.717) is 25.4 Å². The Labute approximate surface area is 119 Å². The van der Waals surface area contributed by atoms with Gasteiger partial charge in [-0.25, -0.2) is 4.79 Å². The van der Waals surface area contributed by atoms with Gasteiger partial charge in [-0.05, 0) is 38.5 Å². The number of nitrogens with one attached hydrogen (secondary N) is 1. The van der Waals surface area contributed by atoms with Gasteiger partial charge in [0, 0.05) is 18.6 Å². The molecular weight excluding hydrogens is 256 g/mol. The topological polar surface area (TPSA) is 69.6 Å². The Bertz CT molecular complexity index is 425. The lowest BCUT2D eigenvalue weighted by molar-refractivity contribution is -0.159. The molecule has 3 heterocycles. The van der Waals surface area contributed by atoms with Gasteiger partial charge >= 0.3 is 5.97 Å². The first kappa shape index (κ1) is 13.9. The molecule has 3 rings (SSSR count). The predicted molar refractivity (Wildman–Crippen MR) is 74.3 cm³/mol. The van der Waals surface area contributed by atoms with Crippen molar-refractivity contribution in [3.05, 3.63) is 0 Å². The van der Waals surface area contributed by atoms with Gasteiger partial charge in [0.2, 0.25) is 5.91 Å². The molecule has 0 spiro atoms. The van der Waals surface area contributed by atoms with Gasteiger partial charge in [0.1, 0.15) is 5.54 Å². The Morgan fingerprint density at radius 2 is 2.20 bits per heavy atom. The van der Waals surface area contributed by atoms with Crippen LogP contribution < -0.4 is 5.32 Å². The van der Waals surface area contributed by atoms with Gasteiger partial charge in [-0.15, -0.1) is 0 Å². The Morgan fingerprint density at radius 3 is 2.75 bits per heavy atom. The maximum atomic E-state index is 12.9. The van der Waals surface area contributed by atoms with E-state index in [4.69, 9.17) is 0 Å². The standard InChI is InChI=1S/C15H24N2O3/c1-2-6-15(14(19)20)7-3-8-17(15)13(18)11-9-10-4-5-12(11)16-10/h10-12,16H,2-9H2,1H3,(H,19,20). The Balaban J connectivity index is 1.80. The second kappa shape index (κ2) is 5.02. The molecule has 0 aromatic carbocycles. The molecule has 0 aromatic heterocycles. The van der Waals surface area contributed by atoms with Crippen molar-refractivity contribution in [2.24, 2.45) is 5.92 Å². The molecule has 4 unspecified atom stereocenters. The van der Waals surface area contributed by atoms with Crippen LogP contribution in [0.4, 0.5) is 0 Å². The molecule has 4 atom stereocenters. The molecule has 0 aromatic rings. The van der Waals surface area contributed by atoms with Crippen LogP contribution in [0.1, 0.15) is 51.9 Å². The number of carboxylic acid groups (broad SMARTS) is 1. The van der Waals surface area contributed by atoms with E-state index in [1.807, 2.05) is 6.92 Å². The van der Waals surface area contributed by atoms with Crippen LogP contribution >= 0.6 is 0 Å². The molecule has 3 aliphatic rings. The van der Waals surface area contributed by atoms with Gasteiger partial charge in [0.15, 0.2) is 0 Å². The summed E-state index contributed by atoms with van der Waals surface area (Å²) in [6.07, 6.45) is 5.90. The smallest absolute Gasteiger partial charge is 0.329 e. The number of nitrogens with zero attached hydrogens (tertiary/aromatic N) is 1. The third kappa shape index (κ3) is 1.94. The maximum absolute atomic E-state index is 12.9. The quantitative estimate of drug-likeness (QED) is 0.816. The summed E-state index contributed by atoms with van der Waals surface area (Å²) in [5.74, 6) is -0.734. The molecule has 5 heteroatoms. The molecule has 0 radical (unpaired) electrons. The van der Waals surface area contributed by atoms with E-state index in [1.165, 1.54) is 0 Å². The third-order valence-corrected chi connectivity index (χ3v) is 5.43. The van der Waals surface area contributed by atoms with Gasteiger partial charge in [-0.3, -0.25) is 4.79 Å². The number of hydrogen-bond acceptors (Lipinski definition) is 3. The summed E-state index contributed by atoms with van der Waals surface area (Å²) in [5.41, 5.74) is -0.937. The first-order valence-corrected chi connectivity index (χ1v) is 7.89. The van der Waals surface area contributed by atoms with Gasteiger partial charge in [0.25, 0.3) is 0 Å². The summed E-state index contributed by atoms with van der Waals surface area (Å²) in [4.78, 5) is 26.3. The molecule has 2 N–H and O–H groups in total. The Morgan fingerprint density at radius 1 is 1.40 bits per heavy atom. The van der Waals surface area contributed by atoms with Crippen LogP contribution in [0.2, 0.25) is 0 Å². The minimum absolute atomic E-state index is 0.00225. The molecule has 1 amide bonds. The van der Waals surface area contributed by atoms with E-state index < -0.39 is 11.5 Å². The minimum atomic E-state index is -0.937. The molecule has 3 saturated heterocycles. The molecule has 2 bridgehead atoms. The van der Waals surface area contributed by atoms with Gasteiger partial charge < -0.3 is 15.3 Å². The number of fused-ring (bicyclic) bond motifs is 2. The lowest BCUT2D eigenvalue weighted by Crippen LogP contribution is -2.55. The number of hydrogen-bond donors (Lipinski definition) is 2. The molecule has 0 saturated carbocycles. The van der Waals surface area contributed by atoms with E-state index in [2.05, 4.69) is 5.32 Å². The largest absolute Gasteiger partial charge is 0.479 e. The number of amides is 1. The number of carbonyl (C=O) groups is 2. The van der Waals surface area contributed by atoms with E-state index >= 15 is 0 Å². The summed E-state index contributed by atoms with van der Waals surface area (Å²) < 4.78 is 0. The predicted octanol–water partition coefficient (Wildman–Crippen LogP) is 1.37. The molecule has 3 aliphatic heterocycles. The van der Waals surface area contributed by atoms with Crippen LogP contribution in [0.3, 0.4) is 0 Å². The molecule has 5 nitrogen and oxygen atoms in total. The van der Waals surface area contributed by atoms with E-state index in [0.717, 1.165) is 32.1 Å². The number of likely N-dealkylation sites (tertiary alicyclic amines) is 1. The highest BCUT2D eigenvalue weighted by molar-refractivity contribution is 5.89. The van der Waals surface area contributed by atoms with E-state index in [-0.39, 0.29) is 17.9 Å². The number of rotatable bonds is 4. The highest BCUT2D eigenvalue weighted by Gasteiger charge is 2.53. The van der Waals surface area contributed by atoms with Crippen molar-refractivity contribution in [1.29, 1.82) is 0 Å². The number of carbonyl (C=O) groups excluding carboxylic acids is 1. The van der Waals surface area contributed by atoms with Crippen molar-refractivity contribution in [2.45, 2.75) is 69.5 Å². The fourth-order valence-electron chi connectivity index (χ4n) is 4.50. The zero-order valence-corrected chi connectivity index (χ0v) is 12.1. The first-order valence-electron chi connectivity index (χ1n) is 7.89. The van der Waals surface area contributed by atoms with Crippen LogP contribution in [0, 0.1) is 5.92 Å². The van der Waals surface area contributed by atoms with Crippen LogP contribution in [0.5, 0.6) is 0 Å². The van der Waals surface area contributed by atoms with Crippen molar-refractivity contribution < 1.29 is 14.7 Å². The summed E-state index contributed by atoms with van der Waals surface area (Å²) in [6, 6.07) is 0.753. The van der Waals surface area contributed by atoms with Gasteiger partial charge in [-0.1, -0.05) is 13.3 Å². The van der Waals surface area contributed by atoms with Crippen LogP contribution in [0.25, 0.3) is 0 Å². The van der Waals surface area contributed by atoms with Crippen LogP contribution in [-0.4, -0.2) is 46.1 Å². The van der Waals surface area contributed by atoms with Crippen molar-refractivity contribution in [1.82, 2.24) is 10.2 Å². The zero-order chi connectivity index (χ0) is 14.3. The van der Waals surface area contributed by atoms with Crippen molar-refractivity contribution in [2.75, 3.05) is 6.54 Å². The highest BCUT2D eigenvalue weighted by Crippen LogP contribution is 2.40. The summed E-state index contributed by atoms with van der Waals surface area (Å²) in [7, 11) is 0. The van der Waals surface area contributed by atoms with Gasteiger partial charge in [0.05, 0.1) is 5.92 Å². The van der Waals surface area contributed by atoms with Crippen molar-refractivity contribution in [3.63, 3.8) is 0 Å². The second-order valence-corrected chi connectivity index (χ2v) is 6.57. The monoisotopic (exact) mass is 280 g/mol. The maximum Gasteiger partial charge on any atom is 0.329 e. The first-order chi connectivity index (χ1) is 9.58. The van der Waals surface area contributed by atoms with Crippen molar-refractivity contribution in [3.8, 4) is 0 Å². The fraction of sp³-hybridized carbons (Fsp3) is 0.867. The average Bonchev–Trinajstić information content (AvgIpc) is 3.12. The third-order valence-electron chi connectivity index (χ3n) is 5.43. The lowest BCUT2D eigenvalue weighted by Gasteiger charge is -2.37. The Kier molecular flexibility index (Phi) is 3.48. The molecule has 3 fully saturated rings.